The highest BCUT2D eigenvalue weighted by Gasteiger charge is 2.20. The Morgan fingerprint density at radius 1 is 1.39 bits per heavy atom. The Balaban J connectivity index is 1.79. The summed E-state index contributed by atoms with van der Waals surface area (Å²) in [5.41, 5.74) is 1.08. The first kappa shape index (κ1) is 13.6. The van der Waals surface area contributed by atoms with Gasteiger partial charge < -0.3 is 10.1 Å². The summed E-state index contributed by atoms with van der Waals surface area (Å²) < 4.78 is 28.3. The van der Waals surface area contributed by atoms with E-state index in [-0.39, 0.29) is 5.75 Å². The van der Waals surface area contributed by atoms with Crippen LogP contribution in [0.3, 0.4) is 0 Å². The Hall–Kier alpha value is -0.810. The Morgan fingerprint density at radius 2 is 2.11 bits per heavy atom. The van der Waals surface area contributed by atoms with Gasteiger partial charge in [-0.05, 0) is 24.1 Å². The van der Waals surface area contributed by atoms with Crippen molar-refractivity contribution >= 4 is 11.8 Å². The summed E-state index contributed by atoms with van der Waals surface area (Å²) in [6.45, 7) is 0.251. The summed E-state index contributed by atoms with van der Waals surface area (Å²) in [7, 11) is 0. The van der Waals surface area contributed by atoms with Crippen molar-refractivity contribution in [3.8, 4) is 5.75 Å². The fraction of sp³-hybridized carbons (Fsp3) is 0.538. The molecule has 100 valence electrons. The molecule has 2 rings (SSSR count). The standard InChI is InChI=1S/C13H17F2NOS/c1-9-6-11(8-18-9)16-7-10-2-4-12(5-3-10)17-13(14)15/h2-5,9,11,13,16H,6-8H2,1H3. The van der Waals surface area contributed by atoms with Gasteiger partial charge in [-0.2, -0.15) is 20.5 Å². The van der Waals surface area contributed by atoms with E-state index in [1.807, 2.05) is 23.9 Å². The van der Waals surface area contributed by atoms with E-state index in [1.54, 1.807) is 12.1 Å². The van der Waals surface area contributed by atoms with E-state index < -0.39 is 6.61 Å². The quantitative estimate of drug-likeness (QED) is 0.889. The lowest BCUT2D eigenvalue weighted by Gasteiger charge is -2.12. The van der Waals surface area contributed by atoms with Gasteiger partial charge in [0, 0.05) is 23.6 Å². The number of ether oxygens (including phenoxy) is 1. The zero-order valence-electron chi connectivity index (χ0n) is 10.2. The lowest BCUT2D eigenvalue weighted by atomic mass is 10.1. The van der Waals surface area contributed by atoms with Crippen LogP contribution in [-0.2, 0) is 6.54 Å². The van der Waals surface area contributed by atoms with Crippen molar-refractivity contribution in [2.75, 3.05) is 5.75 Å². The molecule has 0 aromatic heterocycles. The predicted molar refractivity (Wildman–Crippen MR) is 70.2 cm³/mol. The summed E-state index contributed by atoms with van der Waals surface area (Å²) >= 11 is 1.98. The molecule has 1 aliphatic heterocycles. The predicted octanol–water partition coefficient (Wildman–Crippen LogP) is 3.27. The second kappa shape index (κ2) is 6.38. The Kier molecular flexibility index (Phi) is 4.83. The number of rotatable bonds is 5. The monoisotopic (exact) mass is 273 g/mol. The number of nitrogens with one attached hydrogen (secondary N) is 1. The van der Waals surface area contributed by atoms with E-state index in [0.717, 1.165) is 23.1 Å². The summed E-state index contributed by atoms with van der Waals surface area (Å²) in [5.74, 6) is 1.35. The molecular formula is C13H17F2NOS. The highest BCUT2D eigenvalue weighted by molar-refractivity contribution is 8.00. The zero-order chi connectivity index (χ0) is 13.0. The van der Waals surface area contributed by atoms with E-state index in [1.165, 1.54) is 6.42 Å². The van der Waals surface area contributed by atoms with Crippen molar-refractivity contribution in [3.05, 3.63) is 29.8 Å². The molecule has 1 aromatic rings. The highest BCUT2D eigenvalue weighted by atomic mass is 32.2. The smallest absolute Gasteiger partial charge is 0.387 e. The maximum atomic E-state index is 12.0. The molecule has 1 saturated heterocycles. The van der Waals surface area contributed by atoms with Gasteiger partial charge in [-0.3, -0.25) is 0 Å². The van der Waals surface area contributed by atoms with Crippen LogP contribution in [0.1, 0.15) is 18.9 Å². The van der Waals surface area contributed by atoms with Gasteiger partial charge in [-0.15, -0.1) is 0 Å². The minimum Gasteiger partial charge on any atom is -0.435 e. The first-order valence-electron chi connectivity index (χ1n) is 6.02. The molecule has 2 unspecified atom stereocenters. The van der Waals surface area contributed by atoms with Crippen molar-refractivity contribution in [1.29, 1.82) is 0 Å². The lowest BCUT2D eigenvalue weighted by Crippen LogP contribution is -2.28. The molecule has 1 aliphatic rings. The van der Waals surface area contributed by atoms with E-state index in [4.69, 9.17) is 0 Å². The van der Waals surface area contributed by atoms with Gasteiger partial charge in [0.1, 0.15) is 5.75 Å². The molecule has 1 aromatic carbocycles. The largest absolute Gasteiger partial charge is 0.435 e. The van der Waals surface area contributed by atoms with Crippen LogP contribution in [0.25, 0.3) is 0 Å². The van der Waals surface area contributed by atoms with E-state index in [9.17, 15) is 8.78 Å². The lowest BCUT2D eigenvalue weighted by molar-refractivity contribution is -0.0498. The van der Waals surface area contributed by atoms with Crippen LogP contribution in [0.2, 0.25) is 0 Å². The van der Waals surface area contributed by atoms with E-state index in [0.29, 0.717) is 6.04 Å². The normalized spacial score (nSPS) is 23.6. The van der Waals surface area contributed by atoms with Gasteiger partial charge in [0.05, 0.1) is 0 Å². The SMILES string of the molecule is CC1CC(NCc2ccc(OC(F)F)cc2)CS1. The average Bonchev–Trinajstić information content (AvgIpc) is 2.74. The average molecular weight is 273 g/mol. The van der Waals surface area contributed by atoms with Crippen LogP contribution < -0.4 is 10.1 Å². The fourth-order valence-corrected chi connectivity index (χ4v) is 3.19. The van der Waals surface area contributed by atoms with Crippen molar-refractivity contribution in [3.63, 3.8) is 0 Å². The summed E-state index contributed by atoms with van der Waals surface area (Å²) in [5, 5.41) is 4.20. The van der Waals surface area contributed by atoms with Crippen LogP contribution in [0.5, 0.6) is 5.75 Å². The molecule has 1 heterocycles. The van der Waals surface area contributed by atoms with Crippen molar-refractivity contribution in [1.82, 2.24) is 5.32 Å². The minimum atomic E-state index is -2.76. The van der Waals surface area contributed by atoms with Gasteiger partial charge in [-0.25, -0.2) is 0 Å². The van der Waals surface area contributed by atoms with Gasteiger partial charge in [0.15, 0.2) is 0 Å². The second-order valence-corrected chi connectivity index (χ2v) is 5.95. The topological polar surface area (TPSA) is 21.3 Å². The Labute approximate surface area is 110 Å². The van der Waals surface area contributed by atoms with Crippen LogP contribution in [0, 0.1) is 0 Å². The maximum absolute atomic E-state index is 12.0. The maximum Gasteiger partial charge on any atom is 0.387 e. The van der Waals surface area contributed by atoms with Gasteiger partial charge in [-0.1, -0.05) is 19.1 Å². The molecule has 0 spiro atoms. The molecule has 18 heavy (non-hydrogen) atoms. The van der Waals surface area contributed by atoms with Gasteiger partial charge in [0.25, 0.3) is 0 Å². The molecule has 0 aliphatic carbocycles. The second-order valence-electron chi connectivity index (χ2n) is 4.48. The molecule has 0 amide bonds. The zero-order valence-corrected chi connectivity index (χ0v) is 11.1. The molecule has 0 saturated carbocycles. The summed E-state index contributed by atoms with van der Waals surface area (Å²) in [4.78, 5) is 0. The van der Waals surface area contributed by atoms with Gasteiger partial charge >= 0.3 is 6.61 Å². The van der Waals surface area contributed by atoms with Gasteiger partial charge in [0.2, 0.25) is 0 Å². The third kappa shape index (κ3) is 4.14. The highest BCUT2D eigenvalue weighted by Crippen LogP contribution is 2.26. The number of hydrogen-bond donors (Lipinski definition) is 1. The van der Waals surface area contributed by atoms with E-state index >= 15 is 0 Å². The molecule has 1 fully saturated rings. The van der Waals surface area contributed by atoms with Crippen LogP contribution in [0.4, 0.5) is 8.78 Å². The first-order valence-corrected chi connectivity index (χ1v) is 7.07. The molecule has 0 radical (unpaired) electrons. The number of thioether (sulfide) groups is 1. The number of benzene rings is 1. The fourth-order valence-electron chi connectivity index (χ4n) is 2.01. The Bertz CT molecular complexity index is 372. The molecular weight excluding hydrogens is 256 g/mol. The number of halogens is 2. The number of alkyl halides is 2. The van der Waals surface area contributed by atoms with Crippen LogP contribution >= 0.6 is 11.8 Å². The molecule has 2 nitrogen and oxygen atoms in total. The van der Waals surface area contributed by atoms with Crippen LogP contribution in [0.15, 0.2) is 24.3 Å². The Morgan fingerprint density at radius 3 is 2.67 bits per heavy atom. The van der Waals surface area contributed by atoms with Crippen LogP contribution in [-0.4, -0.2) is 23.7 Å². The molecule has 0 bridgehead atoms. The van der Waals surface area contributed by atoms with Crippen molar-refractivity contribution in [2.24, 2.45) is 0 Å². The van der Waals surface area contributed by atoms with E-state index in [2.05, 4.69) is 17.0 Å². The molecule has 1 N–H and O–H groups in total. The first-order chi connectivity index (χ1) is 8.63. The number of hydrogen-bond acceptors (Lipinski definition) is 3. The third-order valence-corrected chi connectivity index (χ3v) is 4.30. The third-order valence-electron chi connectivity index (χ3n) is 2.94. The minimum absolute atomic E-state index is 0.207. The molecule has 5 heteroatoms. The molecule has 2 atom stereocenters. The van der Waals surface area contributed by atoms with Crippen molar-refractivity contribution in [2.45, 2.75) is 37.8 Å². The van der Waals surface area contributed by atoms with Crippen molar-refractivity contribution < 1.29 is 13.5 Å². The summed E-state index contributed by atoms with van der Waals surface area (Å²) in [6.07, 6.45) is 1.19. The summed E-state index contributed by atoms with van der Waals surface area (Å²) in [6, 6.07) is 7.35.